The van der Waals surface area contributed by atoms with Crippen LogP contribution in [0.4, 0.5) is 0 Å². The van der Waals surface area contributed by atoms with Gasteiger partial charge in [-0.15, -0.1) is 11.3 Å². The lowest BCUT2D eigenvalue weighted by Crippen LogP contribution is -1.98. The summed E-state index contributed by atoms with van der Waals surface area (Å²) in [7, 11) is 0. The minimum Gasteiger partial charge on any atom is -0.208 e. The van der Waals surface area contributed by atoms with Gasteiger partial charge >= 0.3 is 0 Å². The zero-order chi connectivity index (χ0) is 25.5. The van der Waals surface area contributed by atoms with Gasteiger partial charge in [-0.05, 0) is 64.2 Å². The number of hydrogen-bond donors (Lipinski definition) is 0. The molecule has 0 N–H and O–H groups in total. The van der Waals surface area contributed by atoms with Crippen LogP contribution in [0.1, 0.15) is 0 Å². The summed E-state index contributed by atoms with van der Waals surface area (Å²) >= 11 is 8.26. The first-order chi connectivity index (χ1) is 18.7. The summed E-state index contributed by atoms with van der Waals surface area (Å²) in [6.45, 7) is 0. The molecule has 180 valence electrons. The zero-order valence-corrected chi connectivity index (χ0v) is 21.7. The number of halogens is 1. The van der Waals surface area contributed by atoms with Gasteiger partial charge in [-0.1, -0.05) is 91.0 Å². The molecule has 0 spiro atoms. The Labute approximate surface area is 229 Å². The van der Waals surface area contributed by atoms with Crippen LogP contribution in [-0.4, -0.2) is 15.0 Å². The predicted molar refractivity (Wildman–Crippen MR) is 159 cm³/mol. The molecule has 0 fully saturated rings. The van der Waals surface area contributed by atoms with E-state index in [9.17, 15) is 0 Å². The van der Waals surface area contributed by atoms with E-state index in [0.717, 1.165) is 33.4 Å². The smallest absolute Gasteiger partial charge is 0.208 e. The van der Waals surface area contributed by atoms with E-state index < -0.39 is 0 Å². The lowest BCUT2D eigenvalue weighted by Gasteiger charge is -2.11. The second kappa shape index (κ2) is 9.49. The van der Waals surface area contributed by atoms with Crippen LogP contribution in [0.2, 0.25) is 5.28 Å². The second-order valence-electron chi connectivity index (χ2n) is 9.09. The molecule has 0 atom stereocenters. The first-order valence-corrected chi connectivity index (χ1v) is 13.5. The third kappa shape index (κ3) is 4.24. The van der Waals surface area contributed by atoms with Crippen molar-refractivity contribution in [1.29, 1.82) is 0 Å². The van der Waals surface area contributed by atoms with Crippen molar-refractivity contribution in [1.82, 2.24) is 15.0 Å². The minimum absolute atomic E-state index is 0.174. The van der Waals surface area contributed by atoms with Gasteiger partial charge in [-0.2, -0.15) is 9.97 Å². The van der Waals surface area contributed by atoms with Crippen molar-refractivity contribution in [2.45, 2.75) is 0 Å². The van der Waals surface area contributed by atoms with E-state index in [0.29, 0.717) is 11.6 Å². The number of hydrogen-bond acceptors (Lipinski definition) is 4. The highest BCUT2D eigenvalue weighted by atomic mass is 35.5. The Balaban J connectivity index is 1.38. The van der Waals surface area contributed by atoms with Crippen molar-refractivity contribution in [2.24, 2.45) is 0 Å². The molecule has 0 aliphatic heterocycles. The van der Waals surface area contributed by atoms with Crippen molar-refractivity contribution in [3.63, 3.8) is 0 Å². The average Bonchev–Trinajstić information content (AvgIpc) is 3.35. The topological polar surface area (TPSA) is 38.7 Å². The summed E-state index contributed by atoms with van der Waals surface area (Å²) in [5.74, 6) is 1.11. The van der Waals surface area contributed by atoms with Crippen LogP contribution in [0.3, 0.4) is 0 Å². The monoisotopic (exact) mass is 525 g/mol. The molecule has 7 aromatic rings. The van der Waals surface area contributed by atoms with Crippen LogP contribution < -0.4 is 0 Å². The van der Waals surface area contributed by atoms with Crippen molar-refractivity contribution < 1.29 is 0 Å². The summed E-state index contributed by atoms with van der Waals surface area (Å²) in [5.41, 5.74) is 6.23. The Morgan fingerprint density at radius 2 is 0.974 bits per heavy atom. The normalized spacial score (nSPS) is 11.3. The largest absolute Gasteiger partial charge is 0.226 e. The fourth-order valence-electron chi connectivity index (χ4n) is 4.82. The molecule has 5 heteroatoms. The molecule has 2 heterocycles. The lowest BCUT2D eigenvalue weighted by atomic mass is 9.96. The molecule has 0 aliphatic rings. The van der Waals surface area contributed by atoms with Crippen molar-refractivity contribution in [3.05, 3.63) is 127 Å². The molecule has 38 heavy (non-hydrogen) atoms. The molecule has 0 amide bonds. The Morgan fingerprint density at radius 3 is 1.66 bits per heavy atom. The van der Waals surface area contributed by atoms with Gasteiger partial charge in [-0.25, -0.2) is 4.98 Å². The standard InChI is InChI=1S/C33H20ClN3S/c34-33-36-31(23-15-16-28-27-13-7-8-14-29(27)38-30(28)20-23)35-32(37-33)26-18-24(21-9-3-1-4-10-21)17-25(19-26)22-11-5-2-6-12-22/h1-20H. The summed E-state index contributed by atoms with van der Waals surface area (Å²) in [4.78, 5) is 13.9. The van der Waals surface area contributed by atoms with Crippen LogP contribution in [0.5, 0.6) is 0 Å². The molecule has 0 saturated heterocycles. The third-order valence-corrected chi connectivity index (χ3v) is 7.95. The van der Waals surface area contributed by atoms with Gasteiger partial charge in [0.05, 0.1) is 0 Å². The van der Waals surface area contributed by atoms with Crippen LogP contribution in [-0.2, 0) is 0 Å². The summed E-state index contributed by atoms with van der Waals surface area (Å²) in [6.07, 6.45) is 0. The van der Waals surface area contributed by atoms with Crippen LogP contribution >= 0.6 is 22.9 Å². The minimum atomic E-state index is 0.174. The first kappa shape index (κ1) is 22.8. The predicted octanol–water partition coefficient (Wildman–Crippen LogP) is 9.56. The summed E-state index contributed by atoms with van der Waals surface area (Å²) in [5, 5.41) is 2.67. The van der Waals surface area contributed by atoms with Gasteiger partial charge in [-0.3, -0.25) is 0 Å². The van der Waals surface area contributed by atoms with Crippen molar-refractivity contribution in [3.8, 4) is 45.0 Å². The summed E-state index contributed by atoms with van der Waals surface area (Å²) in [6, 6.07) is 41.9. The van der Waals surface area contributed by atoms with E-state index in [4.69, 9.17) is 16.6 Å². The molecule has 0 radical (unpaired) electrons. The Morgan fingerprint density at radius 1 is 0.421 bits per heavy atom. The molecule has 5 aromatic carbocycles. The number of nitrogens with zero attached hydrogens (tertiary/aromatic N) is 3. The maximum Gasteiger partial charge on any atom is 0.226 e. The van der Waals surface area contributed by atoms with Gasteiger partial charge in [0.1, 0.15) is 0 Å². The van der Waals surface area contributed by atoms with Gasteiger partial charge < -0.3 is 0 Å². The Hall–Kier alpha value is -4.38. The lowest BCUT2D eigenvalue weighted by molar-refractivity contribution is 1.07. The van der Waals surface area contributed by atoms with Crippen molar-refractivity contribution >= 4 is 43.1 Å². The fraction of sp³-hybridized carbons (Fsp3) is 0. The van der Waals surface area contributed by atoms with E-state index in [-0.39, 0.29) is 5.28 Å². The van der Waals surface area contributed by atoms with E-state index >= 15 is 0 Å². The third-order valence-electron chi connectivity index (χ3n) is 6.65. The molecule has 3 nitrogen and oxygen atoms in total. The quantitative estimate of drug-likeness (QED) is 0.229. The highest BCUT2D eigenvalue weighted by molar-refractivity contribution is 7.25. The number of benzene rings is 5. The van der Waals surface area contributed by atoms with Crippen LogP contribution in [0.15, 0.2) is 121 Å². The summed E-state index contributed by atoms with van der Waals surface area (Å²) < 4.78 is 2.46. The van der Waals surface area contributed by atoms with E-state index in [1.807, 2.05) is 36.4 Å². The second-order valence-corrected chi connectivity index (χ2v) is 10.5. The molecule has 2 aromatic heterocycles. The molecule has 7 rings (SSSR count). The highest BCUT2D eigenvalue weighted by Crippen LogP contribution is 2.37. The van der Waals surface area contributed by atoms with Crippen molar-refractivity contribution in [2.75, 3.05) is 0 Å². The number of rotatable bonds is 4. The van der Waals surface area contributed by atoms with Gasteiger partial charge in [0, 0.05) is 31.3 Å². The molecule has 0 saturated carbocycles. The van der Waals surface area contributed by atoms with Gasteiger partial charge in [0.15, 0.2) is 11.6 Å². The first-order valence-electron chi connectivity index (χ1n) is 12.3. The number of thiophene rings is 1. The van der Waals surface area contributed by atoms with E-state index in [2.05, 4.69) is 94.9 Å². The Kier molecular flexibility index (Phi) is 5.69. The van der Waals surface area contributed by atoms with Crippen LogP contribution in [0.25, 0.3) is 65.2 Å². The molecule has 0 unspecified atom stereocenters. The number of fused-ring (bicyclic) bond motifs is 3. The number of aromatic nitrogens is 3. The Bertz CT molecular complexity index is 1870. The fourth-order valence-corrected chi connectivity index (χ4v) is 6.13. The maximum absolute atomic E-state index is 6.49. The zero-order valence-electron chi connectivity index (χ0n) is 20.2. The van der Waals surface area contributed by atoms with Crippen LogP contribution in [0, 0.1) is 0 Å². The molecule has 0 aliphatic carbocycles. The molecular formula is C33H20ClN3S. The molecule has 0 bridgehead atoms. The van der Waals surface area contributed by atoms with E-state index in [1.54, 1.807) is 11.3 Å². The molecular weight excluding hydrogens is 506 g/mol. The maximum atomic E-state index is 6.49. The SMILES string of the molecule is Clc1nc(-c2cc(-c3ccccc3)cc(-c3ccccc3)c2)nc(-c2ccc3c(c2)sc2ccccc23)n1. The van der Waals surface area contributed by atoms with Gasteiger partial charge in [0.2, 0.25) is 5.28 Å². The highest BCUT2D eigenvalue weighted by Gasteiger charge is 2.14. The average molecular weight is 526 g/mol. The van der Waals surface area contributed by atoms with Gasteiger partial charge in [0.25, 0.3) is 0 Å². The van der Waals surface area contributed by atoms with E-state index in [1.165, 1.54) is 20.2 Å².